The zero-order valence-electron chi connectivity index (χ0n) is 19.4. The molecule has 0 fully saturated rings. The lowest BCUT2D eigenvalue weighted by Crippen LogP contribution is -2.30. The van der Waals surface area contributed by atoms with Gasteiger partial charge in [-0.05, 0) is 55.5 Å². The summed E-state index contributed by atoms with van der Waals surface area (Å²) in [5.41, 5.74) is 4.09. The van der Waals surface area contributed by atoms with Gasteiger partial charge in [0.25, 0.3) is 5.91 Å². The first-order valence-corrected chi connectivity index (χ1v) is 12.9. The third-order valence-electron chi connectivity index (χ3n) is 5.66. The van der Waals surface area contributed by atoms with Crippen LogP contribution in [0.2, 0.25) is 0 Å². The van der Waals surface area contributed by atoms with Crippen molar-refractivity contribution in [3.8, 4) is 0 Å². The number of unbranched alkanes of at least 4 members (excludes halogenated alkanes) is 1. The minimum atomic E-state index is -3.45. The first-order valence-electron chi connectivity index (χ1n) is 11.1. The Morgan fingerprint density at radius 3 is 2.29 bits per heavy atom. The molecule has 170 valence electrons. The van der Waals surface area contributed by atoms with E-state index in [4.69, 9.17) is 0 Å². The highest BCUT2D eigenvalue weighted by Gasteiger charge is 2.20. The summed E-state index contributed by atoms with van der Waals surface area (Å²) in [5, 5.41) is 3.04. The van der Waals surface area contributed by atoms with E-state index < -0.39 is 10.0 Å². The van der Waals surface area contributed by atoms with Gasteiger partial charge >= 0.3 is 0 Å². The molecule has 0 bridgehead atoms. The molecule has 6 heteroatoms. The number of hydrogen-bond acceptors (Lipinski definition) is 3. The Kier molecular flexibility index (Phi) is 9.11. The molecule has 0 saturated heterocycles. The summed E-state index contributed by atoms with van der Waals surface area (Å²) in [5.74, 6) is 0.417. The Labute approximate surface area is 187 Å². The fourth-order valence-electron chi connectivity index (χ4n) is 3.68. The van der Waals surface area contributed by atoms with Crippen LogP contribution in [0.1, 0.15) is 66.6 Å². The Morgan fingerprint density at radius 1 is 1.06 bits per heavy atom. The lowest BCUT2D eigenvalue weighted by molar-refractivity contribution is 0.0946. The standard InChI is InChI=1S/C25H36N2O3S/c1-6-8-9-21(7-2)17-26-25(28)23-13-11-22(12-14-23)18-27(31(5,29)30)24-15-10-19(3)16-20(24)4/h10-16,21H,6-9,17-18H2,1-5H3,(H,26,28). The molecule has 0 radical (unpaired) electrons. The molecule has 0 aliphatic carbocycles. The van der Waals surface area contributed by atoms with E-state index in [-0.39, 0.29) is 12.5 Å². The molecule has 1 unspecified atom stereocenters. The van der Waals surface area contributed by atoms with E-state index in [0.717, 1.165) is 29.5 Å². The van der Waals surface area contributed by atoms with Crippen LogP contribution in [-0.2, 0) is 16.6 Å². The second kappa shape index (κ2) is 11.3. The average molecular weight is 445 g/mol. The minimum Gasteiger partial charge on any atom is -0.352 e. The largest absolute Gasteiger partial charge is 0.352 e. The van der Waals surface area contributed by atoms with E-state index >= 15 is 0 Å². The summed E-state index contributed by atoms with van der Waals surface area (Å²) < 4.78 is 26.3. The lowest BCUT2D eigenvalue weighted by Gasteiger charge is -2.24. The quantitative estimate of drug-likeness (QED) is 0.517. The molecule has 0 heterocycles. The molecule has 5 nitrogen and oxygen atoms in total. The van der Waals surface area contributed by atoms with Gasteiger partial charge in [0.15, 0.2) is 0 Å². The molecule has 1 amide bonds. The van der Waals surface area contributed by atoms with Gasteiger partial charge in [-0.1, -0.05) is 62.9 Å². The predicted molar refractivity (Wildman–Crippen MR) is 129 cm³/mol. The topological polar surface area (TPSA) is 66.5 Å². The number of aryl methyl sites for hydroxylation is 2. The second-order valence-electron chi connectivity index (χ2n) is 8.38. The molecule has 0 aliphatic heterocycles. The molecule has 31 heavy (non-hydrogen) atoms. The molecule has 0 aromatic heterocycles. The number of carbonyl (C=O) groups is 1. The van der Waals surface area contributed by atoms with Crippen molar-refractivity contribution in [2.24, 2.45) is 5.92 Å². The highest BCUT2D eigenvalue weighted by atomic mass is 32.2. The van der Waals surface area contributed by atoms with Crippen LogP contribution in [0, 0.1) is 19.8 Å². The highest BCUT2D eigenvalue weighted by Crippen LogP contribution is 2.25. The van der Waals surface area contributed by atoms with Crippen LogP contribution in [0.15, 0.2) is 42.5 Å². The van der Waals surface area contributed by atoms with Gasteiger partial charge in [-0.2, -0.15) is 0 Å². The zero-order valence-corrected chi connectivity index (χ0v) is 20.3. The molecule has 0 spiro atoms. The van der Waals surface area contributed by atoms with Gasteiger partial charge in [0.1, 0.15) is 0 Å². The smallest absolute Gasteiger partial charge is 0.251 e. The SMILES string of the molecule is CCCCC(CC)CNC(=O)c1ccc(CN(c2ccc(C)cc2C)S(C)(=O)=O)cc1. The van der Waals surface area contributed by atoms with Crippen LogP contribution in [-0.4, -0.2) is 27.1 Å². The van der Waals surface area contributed by atoms with Crippen molar-refractivity contribution in [2.45, 2.75) is 59.9 Å². The van der Waals surface area contributed by atoms with Gasteiger partial charge in [0, 0.05) is 12.1 Å². The van der Waals surface area contributed by atoms with Crippen LogP contribution in [0.5, 0.6) is 0 Å². The maximum Gasteiger partial charge on any atom is 0.251 e. The number of benzene rings is 2. The van der Waals surface area contributed by atoms with Gasteiger partial charge in [-0.3, -0.25) is 9.10 Å². The van der Waals surface area contributed by atoms with Crippen LogP contribution in [0.25, 0.3) is 0 Å². The Bertz CT molecular complexity index is 969. The summed E-state index contributed by atoms with van der Waals surface area (Å²) in [7, 11) is -3.45. The van der Waals surface area contributed by atoms with E-state index in [0.29, 0.717) is 23.7 Å². The van der Waals surface area contributed by atoms with Crippen molar-refractivity contribution in [2.75, 3.05) is 17.1 Å². The van der Waals surface area contributed by atoms with Crippen LogP contribution < -0.4 is 9.62 Å². The van der Waals surface area contributed by atoms with Crippen LogP contribution in [0.4, 0.5) is 5.69 Å². The molecule has 0 saturated carbocycles. The number of rotatable bonds is 11. The first-order chi connectivity index (χ1) is 14.7. The van der Waals surface area contributed by atoms with Crippen molar-refractivity contribution in [3.63, 3.8) is 0 Å². The predicted octanol–water partition coefficient (Wildman–Crippen LogP) is 5.22. The third kappa shape index (κ3) is 7.39. The van der Waals surface area contributed by atoms with E-state index in [1.165, 1.54) is 23.4 Å². The summed E-state index contributed by atoms with van der Waals surface area (Å²) in [4.78, 5) is 12.5. The normalized spacial score (nSPS) is 12.4. The average Bonchev–Trinajstić information content (AvgIpc) is 2.72. The summed E-state index contributed by atoms with van der Waals surface area (Å²) in [6, 6.07) is 12.9. The summed E-state index contributed by atoms with van der Waals surface area (Å²) in [6.45, 7) is 9.14. The minimum absolute atomic E-state index is 0.0872. The van der Waals surface area contributed by atoms with Crippen molar-refractivity contribution in [1.82, 2.24) is 5.32 Å². The number of hydrogen-bond donors (Lipinski definition) is 1. The Balaban J connectivity index is 2.09. The monoisotopic (exact) mass is 444 g/mol. The molecule has 2 aromatic carbocycles. The molecule has 1 N–H and O–H groups in total. The fraction of sp³-hybridized carbons (Fsp3) is 0.480. The number of sulfonamides is 1. The van der Waals surface area contributed by atoms with Crippen molar-refractivity contribution in [1.29, 1.82) is 0 Å². The number of carbonyl (C=O) groups excluding carboxylic acids is 1. The molecule has 1 atom stereocenters. The maximum atomic E-state index is 12.5. The van der Waals surface area contributed by atoms with Gasteiger partial charge in [0.2, 0.25) is 10.0 Å². The van der Waals surface area contributed by atoms with Gasteiger partial charge in [-0.15, -0.1) is 0 Å². The van der Waals surface area contributed by atoms with Crippen molar-refractivity contribution in [3.05, 3.63) is 64.7 Å². The van der Waals surface area contributed by atoms with Crippen molar-refractivity contribution >= 4 is 21.6 Å². The fourth-order valence-corrected chi connectivity index (χ4v) is 4.62. The zero-order chi connectivity index (χ0) is 23.0. The first kappa shape index (κ1) is 24.9. The molecule has 2 rings (SSSR count). The molecule has 2 aromatic rings. The van der Waals surface area contributed by atoms with E-state index in [1.54, 1.807) is 12.1 Å². The summed E-state index contributed by atoms with van der Waals surface area (Å²) >= 11 is 0. The molecular formula is C25H36N2O3S. The Morgan fingerprint density at radius 2 is 1.74 bits per heavy atom. The maximum absolute atomic E-state index is 12.5. The number of nitrogens with zero attached hydrogens (tertiary/aromatic N) is 1. The van der Waals surface area contributed by atoms with E-state index in [2.05, 4.69) is 19.2 Å². The van der Waals surface area contributed by atoms with Crippen molar-refractivity contribution < 1.29 is 13.2 Å². The highest BCUT2D eigenvalue weighted by molar-refractivity contribution is 7.92. The number of nitrogens with one attached hydrogen (secondary N) is 1. The van der Waals surface area contributed by atoms with Crippen LogP contribution >= 0.6 is 0 Å². The summed E-state index contributed by atoms with van der Waals surface area (Å²) in [6.07, 6.45) is 5.75. The van der Waals surface area contributed by atoms with Crippen LogP contribution in [0.3, 0.4) is 0 Å². The van der Waals surface area contributed by atoms with Gasteiger partial charge in [0.05, 0.1) is 18.5 Å². The number of anilines is 1. The van der Waals surface area contributed by atoms with E-state index in [1.807, 2.05) is 44.2 Å². The molecule has 0 aliphatic rings. The van der Waals surface area contributed by atoms with E-state index in [9.17, 15) is 13.2 Å². The third-order valence-corrected chi connectivity index (χ3v) is 6.78. The Hall–Kier alpha value is -2.34. The molecular weight excluding hydrogens is 408 g/mol. The van der Waals surface area contributed by atoms with Gasteiger partial charge < -0.3 is 5.32 Å². The lowest BCUT2D eigenvalue weighted by atomic mass is 9.99. The van der Waals surface area contributed by atoms with Gasteiger partial charge in [-0.25, -0.2) is 8.42 Å². The number of amides is 1. The second-order valence-corrected chi connectivity index (χ2v) is 10.3.